The molecule has 0 saturated carbocycles. The van der Waals surface area contributed by atoms with E-state index in [1.54, 1.807) is 25.2 Å². The second-order valence-corrected chi connectivity index (χ2v) is 3.93. The Bertz CT molecular complexity index is 440. The SMILES string of the molecule is C#CCN(C)C(=O)Nc1ccc(Cl)c(Cl)c1. The van der Waals surface area contributed by atoms with E-state index in [0.29, 0.717) is 15.7 Å². The number of anilines is 1. The molecule has 0 saturated heterocycles. The predicted molar refractivity (Wildman–Crippen MR) is 66.9 cm³/mol. The Morgan fingerprint density at radius 2 is 2.19 bits per heavy atom. The van der Waals surface area contributed by atoms with E-state index in [1.807, 2.05) is 0 Å². The third kappa shape index (κ3) is 3.34. The highest BCUT2D eigenvalue weighted by molar-refractivity contribution is 6.42. The summed E-state index contributed by atoms with van der Waals surface area (Å²) in [4.78, 5) is 12.9. The van der Waals surface area contributed by atoms with Gasteiger partial charge in [-0.25, -0.2) is 4.79 Å². The van der Waals surface area contributed by atoms with Crippen LogP contribution in [0.5, 0.6) is 0 Å². The number of carbonyl (C=O) groups is 1. The van der Waals surface area contributed by atoms with Crippen molar-refractivity contribution in [3.05, 3.63) is 28.2 Å². The fourth-order valence-electron chi connectivity index (χ4n) is 1.00. The van der Waals surface area contributed by atoms with Gasteiger partial charge in [0.25, 0.3) is 0 Å². The monoisotopic (exact) mass is 256 g/mol. The van der Waals surface area contributed by atoms with E-state index in [9.17, 15) is 4.79 Å². The maximum atomic E-state index is 11.5. The lowest BCUT2D eigenvalue weighted by Gasteiger charge is -2.15. The second-order valence-electron chi connectivity index (χ2n) is 3.12. The molecule has 0 bridgehead atoms. The van der Waals surface area contributed by atoms with Crippen molar-refractivity contribution in [3.8, 4) is 12.3 Å². The van der Waals surface area contributed by atoms with Gasteiger partial charge in [0.15, 0.2) is 0 Å². The fraction of sp³-hybridized carbons (Fsp3) is 0.182. The molecule has 84 valence electrons. The van der Waals surface area contributed by atoms with Gasteiger partial charge >= 0.3 is 6.03 Å². The number of nitrogens with one attached hydrogen (secondary N) is 1. The van der Waals surface area contributed by atoms with Crippen LogP contribution in [0.15, 0.2) is 18.2 Å². The molecule has 1 N–H and O–H groups in total. The zero-order valence-electron chi connectivity index (χ0n) is 8.63. The Morgan fingerprint density at radius 1 is 1.50 bits per heavy atom. The second kappa shape index (κ2) is 5.64. The lowest BCUT2D eigenvalue weighted by atomic mass is 10.3. The molecule has 1 rings (SSSR count). The maximum Gasteiger partial charge on any atom is 0.322 e. The molecule has 0 aliphatic carbocycles. The third-order valence-corrected chi connectivity index (χ3v) is 2.59. The Kier molecular flexibility index (Phi) is 4.48. The summed E-state index contributed by atoms with van der Waals surface area (Å²) in [6, 6.07) is 4.55. The summed E-state index contributed by atoms with van der Waals surface area (Å²) in [6.45, 7) is 0.243. The molecule has 0 radical (unpaired) electrons. The van der Waals surface area contributed by atoms with Gasteiger partial charge in [-0.1, -0.05) is 29.1 Å². The average Bonchev–Trinajstić information content (AvgIpc) is 2.24. The summed E-state index contributed by atoms with van der Waals surface area (Å²) in [7, 11) is 1.60. The van der Waals surface area contributed by atoms with E-state index < -0.39 is 0 Å². The number of carbonyl (C=O) groups excluding carboxylic acids is 1. The van der Waals surface area contributed by atoms with Crippen molar-refractivity contribution in [3.63, 3.8) is 0 Å². The Morgan fingerprint density at radius 3 is 2.75 bits per heavy atom. The quantitative estimate of drug-likeness (QED) is 0.811. The van der Waals surface area contributed by atoms with Crippen molar-refractivity contribution < 1.29 is 4.79 Å². The first-order valence-electron chi connectivity index (χ1n) is 4.45. The first-order chi connectivity index (χ1) is 7.54. The highest BCUT2D eigenvalue weighted by Crippen LogP contribution is 2.24. The Hall–Kier alpha value is -1.37. The molecule has 0 aliphatic heterocycles. The van der Waals surface area contributed by atoms with Gasteiger partial charge in [0.2, 0.25) is 0 Å². The van der Waals surface area contributed by atoms with Crippen LogP contribution in [-0.4, -0.2) is 24.5 Å². The summed E-state index contributed by atoms with van der Waals surface area (Å²) >= 11 is 11.6. The van der Waals surface area contributed by atoms with Crippen LogP contribution >= 0.6 is 23.2 Å². The van der Waals surface area contributed by atoms with Gasteiger partial charge in [0.05, 0.1) is 16.6 Å². The zero-order valence-corrected chi connectivity index (χ0v) is 10.1. The number of urea groups is 1. The molecule has 0 atom stereocenters. The molecule has 0 spiro atoms. The lowest BCUT2D eigenvalue weighted by Crippen LogP contribution is -2.31. The van der Waals surface area contributed by atoms with E-state index in [1.165, 1.54) is 4.90 Å². The number of amides is 2. The molecule has 16 heavy (non-hydrogen) atoms. The van der Waals surface area contributed by atoms with Crippen molar-refractivity contribution >= 4 is 34.9 Å². The van der Waals surface area contributed by atoms with Crippen molar-refractivity contribution in [2.24, 2.45) is 0 Å². The number of terminal acetylenes is 1. The van der Waals surface area contributed by atoms with Crippen LogP contribution in [0, 0.1) is 12.3 Å². The smallest absolute Gasteiger partial charge is 0.316 e. The minimum absolute atomic E-state index is 0.243. The maximum absolute atomic E-state index is 11.5. The van der Waals surface area contributed by atoms with Gasteiger partial charge in [0.1, 0.15) is 0 Å². The molecule has 2 amide bonds. The topological polar surface area (TPSA) is 32.3 Å². The number of nitrogens with zero attached hydrogens (tertiary/aromatic N) is 1. The zero-order chi connectivity index (χ0) is 12.1. The Balaban J connectivity index is 2.70. The van der Waals surface area contributed by atoms with E-state index in [0.717, 1.165) is 0 Å². The summed E-state index contributed by atoms with van der Waals surface area (Å²) in [5, 5.41) is 3.47. The number of rotatable bonds is 2. The number of hydrogen-bond acceptors (Lipinski definition) is 1. The molecular weight excluding hydrogens is 247 g/mol. The fourth-order valence-corrected chi connectivity index (χ4v) is 1.30. The number of hydrogen-bond donors (Lipinski definition) is 1. The standard InChI is InChI=1S/C11H10Cl2N2O/c1-3-6-15(2)11(16)14-8-4-5-9(12)10(13)7-8/h1,4-5,7H,6H2,2H3,(H,14,16). The van der Waals surface area contributed by atoms with E-state index >= 15 is 0 Å². The minimum atomic E-state index is -0.295. The van der Waals surface area contributed by atoms with Crippen molar-refractivity contribution in [1.82, 2.24) is 4.90 Å². The van der Waals surface area contributed by atoms with Gasteiger partial charge in [-0.3, -0.25) is 0 Å². The van der Waals surface area contributed by atoms with E-state index in [2.05, 4.69) is 11.2 Å². The van der Waals surface area contributed by atoms with E-state index in [4.69, 9.17) is 29.6 Å². The molecule has 3 nitrogen and oxygen atoms in total. The molecule has 5 heteroatoms. The number of halogens is 2. The Labute approximate surface area is 104 Å². The summed E-state index contributed by atoms with van der Waals surface area (Å²) in [5.74, 6) is 2.37. The van der Waals surface area contributed by atoms with Crippen LogP contribution in [0.2, 0.25) is 10.0 Å². The molecule has 0 aliphatic rings. The molecule has 0 heterocycles. The normalized spacial score (nSPS) is 9.38. The van der Waals surface area contributed by atoms with Crippen LogP contribution < -0.4 is 5.32 Å². The average molecular weight is 257 g/mol. The molecule has 0 aromatic heterocycles. The van der Waals surface area contributed by atoms with Crippen LogP contribution in [0.3, 0.4) is 0 Å². The highest BCUT2D eigenvalue weighted by Gasteiger charge is 2.08. The van der Waals surface area contributed by atoms with Crippen LogP contribution in [0.1, 0.15) is 0 Å². The van der Waals surface area contributed by atoms with Crippen LogP contribution in [-0.2, 0) is 0 Å². The minimum Gasteiger partial charge on any atom is -0.316 e. The third-order valence-electron chi connectivity index (χ3n) is 1.85. The van der Waals surface area contributed by atoms with E-state index in [-0.39, 0.29) is 12.6 Å². The number of benzene rings is 1. The summed E-state index contributed by atoms with van der Waals surface area (Å²) in [5.41, 5.74) is 0.572. The highest BCUT2D eigenvalue weighted by atomic mass is 35.5. The molecule has 0 fully saturated rings. The first kappa shape index (κ1) is 12.7. The molecule has 1 aromatic rings. The predicted octanol–water partition coefficient (Wildman–Crippen LogP) is 3.09. The van der Waals surface area contributed by atoms with Crippen molar-refractivity contribution in [1.29, 1.82) is 0 Å². The van der Waals surface area contributed by atoms with Gasteiger partial charge in [0, 0.05) is 12.7 Å². The van der Waals surface area contributed by atoms with Crippen molar-refractivity contribution in [2.45, 2.75) is 0 Å². The lowest BCUT2D eigenvalue weighted by molar-refractivity contribution is 0.227. The van der Waals surface area contributed by atoms with Crippen molar-refractivity contribution in [2.75, 3.05) is 18.9 Å². The largest absolute Gasteiger partial charge is 0.322 e. The molecular formula is C11H10Cl2N2O. The van der Waals surface area contributed by atoms with Crippen LogP contribution in [0.25, 0.3) is 0 Å². The first-order valence-corrected chi connectivity index (χ1v) is 5.21. The molecule has 1 aromatic carbocycles. The van der Waals surface area contributed by atoms with Crippen LogP contribution in [0.4, 0.5) is 10.5 Å². The summed E-state index contributed by atoms with van der Waals surface area (Å²) < 4.78 is 0. The summed E-state index contributed by atoms with van der Waals surface area (Å²) in [6.07, 6.45) is 5.09. The van der Waals surface area contributed by atoms with Gasteiger partial charge < -0.3 is 10.2 Å². The van der Waals surface area contributed by atoms with Gasteiger partial charge in [-0.05, 0) is 18.2 Å². The van der Waals surface area contributed by atoms with Gasteiger partial charge in [-0.2, -0.15) is 0 Å². The molecule has 0 unspecified atom stereocenters. The van der Waals surface area contributed by atoms with Gasteiger partial charge in [-0.15, -0.1) is 6.42 Å².